The Morgan fingerprint density at radius 3 is 2.44 bits per heavy atom. The molecule has 2 saturated heterocycles. The molecule has 2 rings (SSSR count). The summed E-state index contributed by atoms with van der Waals surface area (Å²) in [5.41, 5.74) is 0. The molecule has 2 aliphatic heterocycles. The Bertz CT molecular complexity index is 260. The molecule has 2 amide bonds. The zero-order chi connectivity index (χ0) is 11.4. The number of nitrogens with zero attached hydrogens (tertiary/aromatic N) is 1. The van der Waals surface area contributed by atoms with E-state index in [0.29, 0.717) is 13.0 Å². The summed E-state index contributed by atoms with van der Waals surface area (Å²) < 4.78 is 10.8. The van der Waals surface area contributed by atoms with E-state index in [4.69, 9.17) is 9.47 Å². The van der Waals surface area contributed by atoms with Crippen molar-refractivity contribution >= 4 is 11.8 Å². The van der Waals surface area contributed by atoms with Gasteiger partial charge in [0.15, 0.2) is 6.29 Å². The van der Waals surface area contributed by atoms with E-state index in [0.717, 1.165) is 19.6 Å². The molecule has 0 aromatic carbocycles. The van der Waals surface area contributed by atoms with Crippen LogP contribution in [-0.2, 0) is 19.1 Å². The predicted molar refractivity (Wildman–Crippen MR) is 54.5 cm³/mol. The second-order valence-electron chi connectivity index (χ2n) is 4.00. The van der Waals surface area contributed by atoms with E-state index in [9.17, 15) is 9.59 Å². The molecule has 0 aromatic rings. The fourth-order valence-corrected chi connectivity index (χ4v) is 1.85. The molecule has 0 bridgehead atoms. The third-order valence-corrected chi connectivity index (χ3v) is 2.59. The van der Waals surface area contributed by atoms with Gasteiger partial charge in [-0.2, -0.15) is 0 Å². The van der Waals surface area contributed by atoms with Gasteiger partial charge in [0.1, 0.15) is 0 Å². The molecular formula is C10H16N2O4. The molecule has 2 fully saturated rings. The van der Waals surface area contributed by atoms with Crippen molar-refractivity contribution in [2.24, 2.45) is 0 Å². The van der Waals surface area contributed by atoms with E-state index < -0.39 is 0 Å². The summed E-state index contributed by atoms with van der Waals surface area (Å²) >= 11 is 0. The van der Waals surface area contributed by atoms with E-state index in [1.807, 2.05) is 4.90 Å². The van der Waals surface area contributed by atoms with Crippen molar-refractivity contribution in [3.63, 3.8) is 0 Å². The van der Waals surface area contributed by atoms with Gasteiger partial charge in [-0.1, -0.05) is 0 Å². The number of hydrogen-bond acceptors (Lipinski definition) is 5. The van der Waals surface area contributed by atoms with E-state index in [1.54, 1.807) is 0 Å². The normalized spacial score (nSPS) is 24.5. The molecule has 0 aliphatic carbocycles. The molecule has 0 aromatic heterocycles. The minimum absolute atomic E-state index is 0.186. The van der Waals surface area contributed by atoms with Crippen molar-refractivity contribution in [1.29, 1.82) is 0 Å². The number of imide groups is 1. The van der Waals surface area contributed by atoms with Crippen LogP contribution in [-0.4, -0.2) is 55.9 Å². The van der Waals surface area contributed by atoms with Crippen LogP contribution < -0.4 is 5.32 Å². The summed E-state index contributed by atoms with van der Waals surface area (Å²) in [5.74, 6) is -0.469. The van der Waals surface area contributed by atoms with Gasteiger partial charge in [0.25, 0.3) is 0 Å². The van der Waals surface area contributed by atoms with Crippen molar-refractivity contribution < 1.29 is 19.1 Å². The fraction of sp³-hybridized carbons (Fsp3) is 0.800. The number of ether oxygens (including phenoxy) is 2. The highest BCUT2D eigenvalue weighted by Crippen LogP contribution is 2.09. The maximum Gasteiger partial charge on any atom is 0.240 e. The Labute approximate surface area is 93.9 Å². The van der Waals surface area contributed by atoms with Gasteiger partial charge in [0.2, 0.25) is 11.8 Å². The van der Waals surface area contributed by atoms with Crippen LogP contribution in [0.2, 0.25) is 0 Å². The largest absolute Gasteiger partial charge is 0.353 e. The Kier molecular flexibility index (Phi) is 3.87. The second-order valence-corrected chi connectivity index (χ2v) is 4.00. The summed E-state index contributed by atoms with van der Waals surface area (Å²) in [6.45, 7) is 2.65. The first-order valence-electron chi connectivity index (χ1n) is 5.52. The smallest absolute Gasteiger partial charge is 0.240 e. The summed E-state index contributed by atoms with van der Waals surface area (Å²) in [4.78, 5) is 24.0. The number of carbonyl (C=O) groups excluding carboxylic acids is 2. The number of amides is 2. The van der Waals surface area contributed by atoms with Crippen molar-refractivity contribution in [1.82, 2.24) is 10.2 Å². The lowest BCUT2D eigenvalue weighted by atomic mass is 10.3. The van der Waals surface area contributed by atoms with Crippen LogP contribution in [0.3, 0.4) is 0 Å². The lowest BCUT2D eigenvalue weighted by Crippen LogP contribution is -2.52. The van der Waals surface area contributed by atoms with Crippen molar-refractivity contribution in [3.05, 3.63) is 0 Å². The second kappa shape index (κ2) is 5.38. The highest BCUT2D eigenvalue weighted by Gasteiger charge is 2.23. The number of carbonyl (C=O) groups is 2. The van der Waals surface area contributed by atoms with Crippen LogP contribution in [0.25, 0.3) is 0 Å². The monoisotopic (exact) mass is 228 g/mol. The van der Waals surface area contributed by atoms with Crippen molar-refractivity contribution in [2.75, 3.05) is 32.8 Å². The van der Waals surface area contributed by atoms with Gasteiger partial charge in [-0.05, 0) is 6.42 Å². The van der Waals surface area contributed by atoms with E-state index in [1.165, 1.54) is 0 Å². The lowest BCUT2D eigenvalue weighted by Gasteiger charge is -2.28. The van der Waals surface area contributed by atoms with E-state index in [2.05, 4.69) is 5.32 Å². The summed E-state index contributed by atoms with van der Waals surface area (Å²) in [6.07, 6.45) is 1.44. The summed E-state index contributed by atoms with van der Waals surface area (Å²) in [6, 6.07) is 0. The first kappa shape index (κ1) is 11.5. The average molecular weight is 228 g/mol. The topological polar surface area (TPSA) is 67.9 Å². The highest BCUT2D eigenvalue weighted by molar-refractivity contribution is 5.99. The SMILES string of the molecule is O=C1CN(CCC2OCCCO2)CC(=O)N1. The van der Waals surface area contributed by atoms with Gasteiger partial charge in [0, 0.05) is 13.0 Å². The van der Waals surface area contributed by atoms with Gasteiger partial charge >= 0.3 is 0 Å². The highest BCUT2D eigenvalue weighted by atomic mass is 16.7. The molecule has 0 spiro atoms. The first-order valence-corrected chi connectivity index (χ1v) is 5.52. The molecule has 6 heteroatoms. The standard InChI is InChI=1S/C10H16N2O4/c13-8-6-12(7-9(14)11-8)3-2-10-15-4-1-5-16-10/h10H,1-7H2,(H,11,13,14). The quantitative estimate of drug-likeness (QED) is 0.634. The zero-order valence-corrected chi connectivity index (χ0v) is 9.11. The molecular weight excluding hydrogens is 212 g/mol. The number of nitrogens with one attached hydrogen (secondary N) is 1. The van der Waals surface area contributed by atoms with Gasteiger partial charge in [-0.25, -0.2) is 0 Å². The molecule has 90 valence electrons. The third kappa shape index (κ3) is 3.26. The van der Waals surface area contributed by atoms with Crippen LogP contribution in [0.4, 0.5) is 0 Å². The molecule has 0 saturated carbocycles. The number of rotatable bonds is 3. The molecule has 0 radical (unpaired) electrons. The van der Waals surface area contributed by atoms with Crippen LogP contribution in [0.15, 0.2) is 0 Å². The Morgan fingerprint density at radius 2 is 1.81 bits per heavy atom. The Balaban J connectivity index is 1.72. The fourth-order valence-electron chi connectivity index (χ4n) is 1.85. The molecule has 0 atom stereocenters. The number of hydrogen-bond donors (Lipinski definition) is 1. The summed E-state index contributed by atoms with van der Waals surface area (Å²) in [7, 11) is 0. The predicted octanol–water partition coefficient (Wildman–Crippen LogP) is -0.902. The Hall–Kier alpha value is -0.980. The minimum Gasteiger partial charge on any atom is -0.353 e. The third-order valence-electron chi connectivity index (χ3n) is 2.59. The first-order chi connectivity index (χ1) is 7.74. The molecule has 6 nitrogen and oxygen atoms in total. The van der Waals surface area contributed by atoms with E-state index in [-0.39, 0.29) is 31.2 Å². The van der Waals surface area contributed by atoms with Gasteiger partial charge in [0.05, 0.1) is 26.3 Å². The average Bonchev–Trinajstić information content (AvgIpc) is 2.27. The summed E-state index contributed by atoms with van der Waals surface area (Å²) in [5, 5.41) is 2.27. The molecule has 16 heavy (non-hydrogen) atoms. The molecule has 0 unspecified atom stereocenters. The number of piperazine rings is 1. The van der Waals surface area contributed by atoms with Crippen LogP contribution in [0, 0.1) is 0 Å². The van der Waals surface area contributed by atoms with Crippen LogP contribution in [0.1, 0.15) is 12.8 Å². The van der Waals surface area contributed by atoms with Gasteiger partial charge < -0.3 is 9.47 Å². The Morgan fingerprint density at radius 1 is 1.19 bits per heavy atom. The maximum atomic E-state index is 11.1. The minimum atomic E-state index is -0.235. The van der Waals surface area contributed by atoms with Crippen LogP contribution in [0.5, 0.6) is 0 Å². The van der Waals surface area contributed by atoms with Crippen LogP contribution >= 0.6 is 0 Å². The van der Waals surface area contributed by atoms with E-state index >= 15 is 0 Å². The van der Waals surface area contributed by atoms with Gasteiger partial charge in [-0.15, -0.1) is 0 Å². The van der Waals surface area contributed by atoms with Gasteiger partial charge in [-0.3, -0.25) is 19.8 Å². The van der Waals surface area contributed by atoms with Crippen molar-refractivity contribution in [3.8, 4) is 0 Å². The zero-order valence-electron chi connectivity index (χ0n) is 9.11. The maximum absolute atomic E-state index is 11.1. The lowest BCUT2D eigenvalue weighted by molar-refractivity contribution is -0.183. The molecule has 2 heterocycles. The molecule has 2 aliphatic rings. The van der Waals surface area contributed by atoms with Crippen molar-refractivity contribution in [2.45, 2.75) is 19.1 Å². The molecule has 1 N–H and O–H groups in total.